The number of hydrogen-bond donors (Lipinski definition) is 2. The Morgan fingerprint density at radius 1 is 0.750 bits per heavy atom. The van der Waals surface area contributed by atoms with Gasteiger partial charge in [-0.2, -0.15) is 0 Å². The van der Waals surface area contributed by atoms with Crippen molar-refractivity contribution in [3.05, 3.63) is 47.5 Å². The van der Waals surface area contributed by atoms with Crippen molar-refractivity contribution >= 4 is 23.8 Å². The molecule has 9 heteroatoms. The third-order valence-corrected chi connectivity index (χ3v) is 5.78. The Balaban J connectivity index is 0.00000205. The average Bonchev–Trinajstić information content (AvgIpc) is 2.83. The van der Waals surface area contributed by atoms with Gasteiger partial charge in [0.2, 0.25) is 0 Å². The van der Waals surface area contributed by atoms with Crippen molar-refractivity contribution in [2.45, 2.75) is 41.5 Å². The molecule has 2 aromatic rings. The van der Waals surface area contributed by atoms with E-state index in [1.807, 2.05) is 24.3 Å². The number of benzene rings is 2. The molecule has 0 bridgehead atoms. The summed E-state index contributed by atoms with van der Waals surface area (Å²) in [6.45, 7) is 17.4. The van der Waals surface area contributed by atoms with Crippen LogP contribution in [0.15, 0.2) is 46.4 Å². The number of rotatable bonds is 12. The summed E-state index contributed by atoms with van der Waals surface area (Å²) >= 11 is -2.25. The molecule has 0 saturated heterocycles. The molecular weight excluding hydrogens is 628 g/mol. The Labute approximate surface area is 223 Å². The van der Waals surface area contributed by atoms with Crippen molar-refractivity contribution in [2.75, 3.05) is 49.1 Å². The number of aromatic hydroxyl groups is 2. The molecule has 198 valence electrons. The van der Waals surface area contributed by atoms with E-state index in [1.165, 1.54) is 0 Å². The number of anilines is 2. The zero-order valence-electron chi connectivity index (χ0n) is 22.3. The van der Waals surface area contributed by atoms with Gasteiger partial charge in [-0.15, -0.1) is 0 Å². The summed E-state index contributed by atoms with van der Waals surface area (Å²) in [6.07, 6.45) is 3.45. The van der Waals surface area contributed by atoms with Crippen LogP contribution in [0.5, 0.6) is 11.5 Å². The second-order valence-corrected chi connectivity index (χ2v) is 9.49. The molecule has 0 aliphatic rings. The average molecular weight is 668 g/mol. The summed E-state index contributed by atoms with van der Waals surface area (Å²) in [5.74, 6) is 0.477. The van der Waals surface area contributed by atoms with E-state index in [4.69, 9.17) is 6.80 Å². The summed E-state index contributed by atoms with van der Waals surface area (Å²) < 4.78 is 17.1. The Kier molecular flexibility index (Phi) is 14.0. The van der Waals surface area contributed by atoms with Gasteiger partial charge >= 0.3 is 25.3 Å². The van der Waals surface area contributed by atoms with E-state index < -0.39 is 18.5 Å². The number of phenols is 2. The van der Waals surface area contributed by atoms with Crippen LogP contribution in [0.1, 0.15) is 52.7 Å². The van der Waals surface area contributed by atoms with E-state index in [2.05, 4.69) is 61.3 Å². The molecule has 2 aromatic carbocycles. The van der Waals surface area contributed by atoms with Crippen molar-refractivity contribution < 1.29 is 35.5 Å². The summed E-state index contributed by atoms with van der Waals surface area (Å²) in [4.78, 5) is 13.5. The van der Waals surface area contributed by atoms with E-state index in [0.29, 0.717) is 24.2 Å². The molecule has 0 aromatic heterocycles. The third kappa shape index (κ3) is 10.1. The van der Waals surface area contributed by atoms with Crippen LogP contribution in [0.3, 0.4) is 0 Å². The fourth-order valence-corrected chi connectivity index (χ4v) is 3.69. The summed E-state index contributed by atoms with van der Waals surface area (Å²) in [7, 11) is 0. The van der Waals surface area contributed by atoms with Gasteiger partial charge in [0.05, 0.1) is 0 Å². The number of phenolic OH excluding ortho intramolecular Hbond substituents is 2. The molecule has 2 N–H and O–H groups in total. The first-order valence-electron chi connectivity index (χ1n) is 12.2. The maximum atomic E-state index is 10.4. The molecule has 0 atom stereocenters. The van der Waals surface area contributed by atoms with Crippen LogP contribution in [-0.4, -0.2) is 61.9 Å². The molecule has 0 aliphatic carbocycles. The van der Waals surface area contributed by atoms with Gasteiger partial charge in [-0.05, 0) is 52.0 Å². The molecule has 0 heterocycles. The molecule has 0 aliphatic heterocycles. The van der Waals surface area contributed by atoms with Crippen molar-refractivity contribution in [3.8, 4) is 11.5 Å². The van der Waals surface area contributed by atoms with Gasteiger partial charge in [-0.1, -0.05) is 13.8 Å². The zero-order chi connectivity index (χ0) is 27.1. The normalized spacial score (nSPS) is 11.4. The van der Waals surface area contributed by atoms with E-state index in [-0.39, 0.29) is 16.9 Å². The van der Waals surface area contributed by atoms with Crippen LogP contribution in [-0.2, 0) is 25.3 Å². The summed E-state index contributed by atoms with van der Waals surface area (Å²) in [5.41, 5.74) is 3.29. The first kappa shape index (κ1) is 31.3. The van der Waals surface area contributed by atoms with Crippen LogP contribution >= 0.6 is 0 Å². The van der Waals surface area contributed by atoms with Crippen LogP contribution in [0.25, 0.3) is 0 Å². The van der Waals surface area contributed by atoms with Gasteiger partial charge in [0, 0.05) is 91.7 Å². The summed E-state index contributed by atoms with van der Waals surface area (Å²) in [5, 5.41) is 20.7. The van der Waals surface area contributed by atoms with Gasteiger partial charge in [0.15, 0.2) is 0 Å². The number of hydrogen-bond acceptors (Lipinski definition) is 8. The first-order valence-corrected chi connectivity index (χ1v) is 14.6. The minimum atomic E-state index is -2.25. The van der Waals surface area contributed by atoms with Gasteiger partial charge in [-0.25, -0.2) is 0 Å². The third-order valence-electron chi connectivity index (χ3n) is 5.78. The maximum absolute atomic E-state index is 10.4. The second-order valence-electron chi connectivity index (χ2n) is 9.00. The summed E-state index contributed by atoms with van der Waals surface area (Å²) in [6, 6.07) is 11.4. The van der Waals surface area contributed by atoms with Crippen LogP contribution in [0.2, 0.25) is 0 Å². The van der Waals surface area contributed by atoms with Crippen LogP contribution in [0, 0.1) is 5.41 Å². The monoisotopic (exact) mass is 668 g/mol. The molecule has 0 radical (unpaired) electrons. The quantitative estimate of drug-likeness (QED) is 0.305. The second kappa shape index (κ2) is 16.1. The van der Waals surface area contributed by atoms with E-state index in [0.717, 1.165) is 37.6 Å². The fraction of sp³-hybridized carbons (Fsp3) is 0.481. The first-order chi connectivity index (χ1) is 17.2. The predicted molar refractivity (Wildman–Crippen MR) is 143 cm³/mol. The predicted octanol–water partition coefficient (Wildman–Crippen LogP) is 5.11. The molecule has 8 nitrogen and oxygen atoms in total. The zero-order valence-corrected chi connectivity index (χ0v) is 25.2. The Morgan fingerprint density at radius 3 is 1.36 bits per heavy atom. The molecular formula is C27H40N4O4W. The molecule has 0 spiro atoms. The van der Waals surface area contributed by atoms with Crippen molar-refractivity contribution in [2.24, 2.45) is 15.4 Å². The Hall–Kier alpha value is -2.73. The SMILES string of the molecule is CCN(CC)c1ccc(C=NCC(C)(C)CN=Cc2ccc(N(CC)CC)cc2O)c(O)c1.[O]=[W]=[O]. The van der Waals surface area contributed by atoms with E-state index in [1.54, 1.807) is 24.6 Å². The Bertz CT molecular complexity index is 967. The topological polar surface area (TPSA) is 106 Å². The van der Waals surface area contributed by atoms with Crippen LogP contribution in [0.4, 0.5) is 11.4 Å². The standard InChI is InChI=1S/C27H40N4O2.2O.W/c1-7-30(8-2)23-13-11-21(25(32)15-23)17-28-19-27(5,6)20-29-18-22-12-14-24(16-26(22)33)31(9-3)10-4;;;/h11-18,32-33H,7-10,19-20H2,1-6H3;;;. The minimum absolute atomic E-state index is 0.152. The Morgan fingerprint density at radius 2 is 1.08 bits per heavy atom. The molecule has 0 amide bonds. The van der Waals surface area contributed by atoms with Crippen LogP contribution < -0.4 is 9.80 Å². The number of nitrogens with zero attached hydrogens (tertiary/aromatic N) is 4. The van der Waals surface area contributed by atoms with E-state index >= 15 is 0 Å². The van der Waals surface area contributed by atoms with Gasteiger partial charge < -0.3 is 20.0 Å². The molecule has 0 fully saturated rings. The van der Waals surface area contributed by atoms with Crippen molar-refractivity contribution in [1.82, 2.24) is 0 Å². The van der Waals surface area contributed by atoms with Gasteiger partial charge in [-0.3, -0.25) is 9.98 Å². The molecule has 2 rings (SSSR count). The molecule has 36 heavy (non-hydrogen) atoms. The number of aliphatic imine (C=N–C) groups is 2. The van der Waals surface area contributed by atoms with Crippen molar-refractivity contribution in [1.29, 1.82) is 0 Å². The van der Waals surface area contributed by atoms with Gasteiger partial charge in [0.1, 0.15) is 11.5 Å². The van der Waals surface area contributed by atoms with Crippen molar-refractivity contribution in [3.63, 3.8) is 0 Å². The fourth-order valence-electron chi connectivity index (χ4n) is 3.69. The molecule has 0 saturated carbocycles. The van der Waals surface area contributed by atoms with E-state index in [9.17, 15) is 10.2 Å². The molecule has 0 unspecified atom stereocenters. The van der Waals surface area contributed by atoms with Gasteiger partial charge in [0.25, 0.3) is 0 Å².